The molecule has 2 rings (SSSR count). The highest BCUT2D eigenvalue weighted by Crippen LogP contribution is 2.15. The zero-order valence-electron chi connectivity index (χ0n) is 22.1. The molecule has 210 valence electrons. The van der Waals surface area contributed by atoms with Gasteiger partial charge in [-0.2, -0.15) is 0 Å². The fourth-order valence-corrected chi connectivity index (χ4v) is 3.40. The van der Waals surface area contributed by atoms with Gasteiger partial charge in [-0.1, -0.05) is 13.8 Å². The van der Waals surface area contributed by atoms with E-state index in [0.717, 1.165) is 57.6 Å². The minimum absolute atomic E-state index is 0.0713. The normalized spacial score (nSPS) is 12.7. The number of hydrogen-bond donors (Lipinski definition) is 4. The lowest BCUT2D eigenvalue weighted by Crippen LogP contribution is -2.32. The maximum atomic E-state index is 13.6. The maximum Gasteiger partial charge on any atom is 0.161 e. The van der Waals surface area contributed by atoms with Crippen LogP contribution in [0.2, 0.25) is 0 Å². The minimum Gasteiger partial charge on any atom is -0.317 e. The first kappa shape index (κ1) is 32.9. The first-order chi connectivity index (χ1) is 17.7. The van der Waals surface area contributed by atoms with Crippen LogP contribution in [0.1, 0.15) is 58.1 Å². The molecular formula is C27H40F6N4. The summed E-state index contributed by atoms with van der Waals surface area (Å²) in [5.74, 6) is -6.04. The quantitative estimate of drug-likeness (QED) is 0.130. The standard InChI is InChI=1S/C25H34F6N4.C2H6/c1-16(34-14-18-10-22(28)24(30)12-20(18)26)4-8-32-6-3-7-33-9-5-17(2)35-15-19-11-23(29)25(31)13-21(19)27;1-2/h10-13,16-17,32-35H,3-9,14-15H2,1-2H3;1-2H3. The van der Waals surface area contributed by atoms with E-state index in [-0.39, 0.29) is 36.3 Å². The Balaban J connectivity index is 0.00000334. The average Bonchev–Trinajstić information content (AvgIpc) is 2.87. The Morgan fingerprint density at radius 2 is 0.892 bits per heavy atom. The van der Waals surface area contributed by atoms with Gasteiger partial charge in [-0.25, -0.2) is 26.3 Å². The van der Waals surface area contributed by atoms with Crippen LogP contribution in [0, 0.1) is 34.9 Å². The van der Waals surface area contributed by atoms with Crippen molar-refractivity contribution in [3.63, 3.8) is 0 Å². The molecule has 2 aromatic carbocycles. The van der Waals surface area contributed by atoms with Crippen LogP contribution in [0.5, 0.6) is 0 Å². The topological polar surface area (TPSA) is 48.1 Å². The molecule has 0 aromatic heterocycles. The molecule has 0 bridgehead atoms. The second-order valence-corrected chi connectivity index (χ2v) is 8.71. The monoisotopic (exact) mass is 534 g/mol. The van der Waals surface area contributed by atoms with Crippen molar-refractivity contribution in [2.45, 2.75) is 72.1 Å². The molecule has 0 aliphatic heterocycles. The molecule has 0 amide bonds. The summed E-state index contributed by atoms with van der Waals surface area (Å²) >= 11 is 0. The van der Waals surface area contributed by atoms with Crippen molar-refractivity contribution in [2.24, 2.45) is 0 Å². The Labute approximate surface area is 216 Å². The minimum atomic E-state index is -1.19. The van der Waals surface area contributed by atoms with Gasteiger partial charge in [-0.15, -0.1) is 0 Å². The molecule has 2 atom stereocenters. The lowest BCUT2D eigenvalue weighted by atomic mass is 10.1. The molecule has 37 heavy (non-hydrogen) atoms. The van der Waals surface area contributed by atoms with Gasteiger partial charge in [0.15, 0.2) is 23.3 Å². The molecular weight excluding hydrogens is 494 g/mol. The van der Waals surface area contributed by atoms with E-state index in [1.165, 1.54) is 0 Å². The summed E-state index contributed by atoms with van der Waals surface area (Å²) < 4.78 is 79.7. The van der Waals surface area contributed by atoms with E-state index in [1.807, 2.05) is 27.7 Å². The van der Waals surface area contributed by atoms with Crippen LogP contribution in [-0.4, -0.2) is 38.3 Å². The summed E-state index contributed by atoms with van der Waals surface area (Å²) in [6.07, 6.45) is 2.50. The smallest absolute Gasteiger partial charge is 0.161 e. The molecule has 0 aliphatic rings. The average molecular weight is 535 g/mol. The second kappa shape index (κ2) is 18.2. The number of rotatable bonds is 16. The molecule has 0 saturated heterocycles. The van der Waals surface area contributed by atoms with Crippen LogP contribution in [0.4, 0.5) is 26.3 Å². The Morgan fingerprint density at radius 3 is 1.27 bits per heavy atom. The van der Waals surface area contributed by atoms with Crippen molar-refractivity contribution in [2.75, 3.05) is 26.2 Å². The lowest BCUT2D eigenvalue weighted by Gasteiger charge is -2.16. The number of halogens is 6. The predicted octanol–water partition coefficient (Wildman–Crippen LogP) is 5.55. The third-order valence-corrected chi connectivity index (χ3v) is 5.68. The van der Waals surface area contributed by atoms with Crippen molar-refractivity contribution in [3.8, 4) is 0 Å². The van der Waals surface area contributed by atoms with Crippen LogP contribution >= 0.6 is 0 Å². The van der Waals surface area contributed by atoms with Gasteiger partial charge in [0.05, 0.1) is 0 Å². The largest absolute Gasteiger partial charge is 0.317 e. The number of hydrogen-bond acceptors (Lipinski definition) is 4. The van der Waals surface area contributed by atoms with Gasteiger partial charge in [0.25, 0.3) is 0 Å². The van der Waals surface area contributed by atoms with Gasteiger partial charge >= 0.3 is 0 Å². The summed E-state index contributed by atoms with van der Waals surface area (Å²) in [5.41, 5.74) is 0.187. The van der Waals surface area contributed by atoms with Gasteiger partial charge in [-0.3, -0.25) is 0 Å². The highest BCUT2D eigenvalue weighted by Gasteiger charge is 2.12. The zero-order valence-corrected chi connectivity index (χ0v) is 22.1. The maximum absolute atomic E-state index is 13.6. The molecule has 10 heteroatoms. The van der Waals surface area contributed by atoms with Gasteiger partial charge in [0.2, 0.25) is 0 Å². The van der Waals surface area contributed by atoms with E-state index >= 15 is 0 Å². The number of nitrogens with one attached hydrogen (secondary N) is 4. The van der Waals surface area contributed by atoms with Crippen LogP contribution in [-0.2, 0) is 13.1 Å². The Kier molecular flexibility index (Phi) is 16.1. The molecule has 0 saturated carbocycles. The Morgan fingerprint density at radius 1 is 0.541 bits per heavy atom. The SMILES string of the molecule is CC.CC(CCNCCCNCCC(C)NCc1cc(F)c(F)cc1F)NCc1cc(F)c(F)cc1F. The first-order valence-corrected chi connectivity index (χ1v) is 12.8. The fourth-order valence-electron chi connectivity index (χ4n) is 3.40. The van der Waals surface area contributed by atoms with E-state index in [2.05, 4.69) is 21.3 Å². The van der Waals surface area contributed by atoms with Crippen molar-refractivity contribution >= 4 is 0 Å². The summed E-state index contributed by atoms with van der Waals surface area (Å²) in [6, 6.07) is 3.00. The Bertz CT molecular complexity index is 855. The number of benzene rings is 2. The summed E-state index contributed by atoms with van der Waals surface area (Å²) in [6.45, 7) is 11.3. The van der Waals surface area contributed by atoms with Crippen LogP contribution in [0.3, 0.4) is 0 Å². The highest BCUT2D eigenvalue weighted by molar-refractivity contribution is 5.20. The molecule has 0 spiro atoms. The van der Waals surface area contributed by atoms with Crippen molar-refractivity contribution in [1.29, 1.82) is 0 Å². The van der Waals surface area contributed by atoms with Gasteiger partial charge in [0.1, 0.15) is 11.6 Å². The molecule has 0 radical (unpaired) electrons. The van der Waals surface area contributed by atoms with Crippen molar-refractivity contribution in [3.05, 3.63) is 70.3 Å². The molecule has 0 heterocycles. The summed E-state index contributed by atoms with van der Waals surface area (Å²) in [7, 11) is 0. The highest BCUT2D eigenvalue weighted by atomic mass is 19.2. The molecule has 4 nitrogen and oxygen atoms in total. The third kappa shape index (κ3) is 12.8. The lowest BCUT2D eigenvalue weighted by molar-refractivity contribution is 0.460. The zero-order chi connectivity index (χ0) is 27.8. The first-order valence-electron chi connectivity index (χ1n) is 12.8. The predicted molar refractivity (Wildman–Crippen MR) is 136 cm³/mol. The van der Waals surface area contributed by atoms with Gasteiger partial charge in [-0.05, 0) is 71.4 Å². The van der Waals surface area contributed by atoms with Gasteiger partial charge in [0, 0.05) is 48.4 Å². The van der Waals surface area contributed by atoms with Gasteiger partial charge < -0.3 is 21.3 Å². The molecule has 0 aliphatic carbocycles. The van der Waals surface area contributed by atoms with E-state index in [9.17, 15) is 26.3 Å². The van der Waals surface area contributed by atoms with Crippen molar-refractivity contribution in [1.82, 2.24) is 21.3 Å². The van der Waals surface area contributed by atoms with E-state index in [1.54, 1.807) is 0 Å². The van der Waals surface area contributed by atoms with Crippen molar-refractivity contribution < 1.29 is 26.3 Å². The van der Waals surface area contributed by atoms with E-state index in [4.69, 9.17) is 0 Å². The van der Waals surface area contributed by atoms with Crippen LogP contribution < -0.4 is 21.3 Å². The summed E-state index contributed by atoms with van der Waals surface area (Å²) in [4.78, 5) is 0. The van der Waals surface area contributed by atoms with Crippen LogP contribution in [0.25, 0.3) is 0 Å². The Hall–Kier alpha value is -2.14. The molecule has 2 unspecified atom stereocenters. The van der Waals surface area contributed by atoms with E-state index in [0.29, 0.717) is 12.1 Å². The molecule has 4 N–H and O–H groups in total. The molecule has 0 fully saturated rings. The van der Waals surface area contributed by atoms with E-state index < -0.39 is 34.9 Å². The fraction of sp³-hybridized carbons (Fsp3) is 0.556. The van der Waals surface area contributed by atoms with Crippen LogP contribution in [0.15, 0.2) is 24.3 Å². The second-order valence-electron chi connectivity index (χ2n) is 8.71. The summed E-state index contributed by atoms with van der Waals surface area (Å²) in [5, 5.41) is 12.9. The molecule has 2 aromatic rings. The third-order valence-electron chi connectivity index (χ3n) is 5.68.